The van der Waals surface area contributed by atoms with E-state index in [0.29, 0.717) is 17.8 Å². The SMILES string of the molecule is COc1cc(CN2CCC3CCC(C2)N3)ccc1OC(F)F. The van der Waals surface area contributed by atoms with Gasteiger partial charge in [0.2, 0.25) is 0 Å². The number of nitrogens with zero attached hydrogens (tertiary/aromatic N) is 1. The van der Waals surface area contributed by atoms with Crippen LogP contribution in [-0.2, 0) is 6.54 Å². The maximum absolute atomic E-state index is 12.3. The number of hydrogen-bond donors (Lipinski definition) is 1. The van der Waals surface area contributed by atoms with E-state index in [2.05, 4.69) is 15.0 Å². The van der Waals surface area contributed by atoms with Gasteiger partial charge in [0, 0.05) is 31.7 Å². The first-order valence-electron chi connectivity index (χ1n) is 7.74. The smallest absolute Gasteiger partial charge is 0.387 e. The van der Waals surface area contributed by atoms with Gasteiger partial charge in [-0.05, 0) is 37.0 Å². The molecule has 0 spiro atoms. The molecule has 2 heterocycles. The van der Waals surface area contributed by atoms with Crippen molar-refractivity contribution < 1.29 is 18.3 Å². The van der Waals surface area contributed by atoms with Crippen LogP contribution >= 0.6 is 0 Å². The van der Waals surface area contributed by atoms with Gasteiger partial charge in [-0.3, -0.25) is 4.90 Å². The van der Waals surface area contributed by atoms with E-state index in [-0.39, 0.29) is 5.75 Å². The number of hydrogen-bond acceptors (Lipinski definition) is 4. The van der Waals surface area contributed by atoms with Gasteiger partial charge < -0.3 is 14.8 Å². The van der Waals surface area contributed by atoms with E-state index in [4.69, 9.17) is 4.74 Å². The van der Waals surface area contributed by atoms with Crippen molar-refractivity contribution >= 4 is 0 Å². The van der Waals surface area contributed by atoms with E-state index in [0.717, 1.165) is 25.2 Å². The second-order valence-corrected chi connectivity index (χ2v) is 6.03. The summed E-state index contributed by atoms with van der Waals surface area (Å²) in [5, 5.41) is 3.65. The molecule has 2 fully saturated rings. The number of alkyl halides is 2. The first-order chi connectivity index (χ1) is 10.6. The molecule has 2 unspecified atom stereocenters. The highest BCUT2D eigenvalue weighted by atomic mass is 19.3. The third-order valence-corrected chi connectivity index (χ3v) is 4.46. The fraction of sp³-hybridized carbons (Fsp3) is 0.625. The maximum Gasteiger partial charge on any atom is 0.387 e. The Balaban J connectivity index is 1.67. The van der Waals surface area contributed by atoms with Crippen LogP contribution in [0.3, 0.4) is 0 Å². The first kappa shape index (κ1) is 15.5. The molecule has 3 rings (SSSR count). The van der Waals surface area contributed by atoms with Crippen LogP contribution in [0, 0.1) is 0 Å². The van der Waals surface area contributed by atoms with Crippen molar-refractivity contribution in [2.75, 3.05) is 20.2 Å². The van der Waals surface area contributed by atoms with E-state index in [1.165, 1.54) is 26.4 Å². The fourth-order valence-electron chi connectivity index (χ4n) is 3.42. The molecule has 0 saturated carbocycles. The highest BCUT2D eigenvalue weighted by molar-refractivity contribution is 5.43. The Morgan fingerprint density at radius 3 is 2.82 bits per heavy atom. The van der Waals surface area contributed by atoms with Gasteiger partial charge in [0.25, 0.3) is 0 Å². The molecule has 4 nitrogen and oxygen atoms in total. The number of fused-ring (bicyclic) bond motifs is 2. The molecule has 1 aromatic rings. The summed E-state index contributed by atoms with van der Waals surface area (Å²) in [6.45, 7) is 0.0581. The minimum absolute atomic E-state index is 0.0813. The molecule has 1 aromatic carbocycles. The average molecular weight is 312 g/mol. The highest BCUT2D eigenvalue weighted by Crippen LogP contribution is 2.30. The highest BCUT2D eigenvalue weighted by Gasteiger charge is 2.29. The van der Waals surface area contributed by atoms with Crippen LogP contribution in [0.1, 0.15) is 24.8 Å². The molecular weight excluding hydrogens is 290 g/mol. The van der Waals surface area contributed by atoms with E-state index >= 15 is 0 Å². The third kappa shape index (κ3) is 3.67. The van der Waals surface area contributed by atoms with Crippen molar-refractivity contribution in [2.45, 2.75) is 44.5 Å². The molecule has 22 heavy (non-hydrogen) atoms. The molecule has 0 amide bonds. The van der Waals surface area contributed by atoms with Crippen LogP contribution in [0.5, 0.6) is 11.5 Å². The quantitative estimate of drug-likeness (QED) is 0.906. The Labute approximate surface area is 129 Å². The number of likely N-dealkylation sites (tertiary alicyclic amines) is 1. The third-order valence-electron chi connectivity index (χ3n) is 4.46. The summed E-state index contributed by atoms with van der Waals surface area (Å²) >= 11 is 0. The molecule has 2 aliphatic heterocycles. The van der Waals surface area contributed by atoms with Gasteiger partial charge in [-0.25, -0.2) is 0 Å². The number of rotatable bonds is 5. The predicted molar refractivity (Wildman–Crippen MR) is 79.5 cm³/mol. The van der Waals surface area contributed by atoms with Crippen LogP contribution in [0.25, 0.3) is 0 Å². The zero-order valence-corrected chi connectivity index (χ0v) is 12.7. The molecule has 2 bridgehead atoms. The van der Waals surface area contributed by atoms with E-state index in [1.54, 1.807) is 12.1 Å². The second-order valence-electron chi connectivity index (χ2n) is 6.03. The fourth-order valence-corrected chi connectivity index (χ4v) is 3.42. The van der Waals surface area contributed by atoms with Crippen LogP contribution in [-0.4, -0.2) is 43.8 Å². The van der Waals surface area contributed by atoms with Gasteiger partial charge in [0.05, 0.1) is 7.11 Å². The lowest BCUT2D eigenvalue weighted by atomic mass is 10.1. The number of methoxy groups -OCH3 is 1. The maximum atomic E-state index is 12.3. The molecule has 0 aliphatic carbocycles. The molecule has 2 saturated heterocycles. The summed E-state index contributed by atoms with van der Waals surface area (Å²) in [5.74, 6) is 0.435. The van der Waals surface area contributed by atoms with Crippen molar-refractivity contribution in [3.05, 3.63) is 23.8 Å². The molecule has 6 heteroatoms. The van der Waals surface area contributed by atoms with Gasteiger partial charge in [-0.2, -0.15) is 8.78 Å². The van der Waals surface area contributed by atoms with Crippen molar-refractivity contribution in [3.8, 4) is 11.5 Å². The number of ether oxygens (including phenoxy) is 2. The van der Waals surface area contributed by atoms with Crippen molar-refractivity contribution in [1.82, 2.24) is 10.2 Å². The van der Waals surface area contributed by atoms with Crippen molar-refractivity contribution in [2.24, 2.45) is 0 Å². The second kappa shape index (κ2) is 6.79. The summed E-state index contributed by atoms with van der Waals surface area (Å²) in [6.07, 6.45) is 3.69. The Hall–Kier alpha value is -1.40. The molecule has 0 aromatic heterocycles. The molecule has 2 aliphatic rings. The summed E-state index contributed by atoms with van der Waals surface area (Å²) in [7, 11) is 1.46. The standard InChI is InChI=1S/C16H22F2N2O2/c1-21-15-8-11(2-5-14(15)22-16(17)18)9-20-7-6-12-3-4-13(10-20)19-12/h2,5,8,12-13,16,19H,3-4,6-7,9-10H2,1H3. The Bertz CT molecular complexity index is 513. The topological polar surface area (TPSA) is 33.7 Å². The Morgan fingerprint density at radius 2 is 2.05 bits per heavy atom. The molecule has 1 N–H and O–H groups in total. The largest absolute Gasteiger partial charge is 0.493 e. The van der Waals surface area contributed by atoms with Crippen LogP contribution in [0.4, 0.5) is 8.78 Å². The molecule has 0 radical (unpaired) electrons. The van der Waals surface area contributed by atoms with Crippen molar-refractivity contribution in [1.29, 1.82) is 0 Å². The van der Waals surface area contributed by atoms with Gasteiger partial charge in [-0.15, -0.1) is 0 Å². The first-order valence-corrected chi connectivity index (χ1v) is 7.74. The Morgan fingerprint density at radius 1 is 1.23 bits per heavy atom. The average Bonchev–Trinajstić information content (AvgIpc) is 2.82. The zero-order valence-electron chi connectivity index (χ0n) is 12.7. The number of nitrogens with one attached hydrogen (secondary N) is 1. The van der Waals surface area contributed by atoms with Gasteiger partial charge in [0.15, 0.2) is 11.5 Å². The van der Waals surface area contributed by atoms with E-state index in [9.17, 15) is 8.78 Å². The predicted octanol–water partition coefficient (Wildman–Crippen LogP) is 2.62. The van der Waals surface area contributed by atoms with Gasteiger partial charge in [0.1, 0.15) is 0 Å². The van der Waals surface area contributed by atoms with E-state index < -0.39 is 6.61 Å². The minimum Gasteiger partial charge on any atom is -0.493 e. The van der Waals surface area contributed by atoms with Gasteiger partial charge >= 0.3 is 6.61 Å². The lowest BCUT2D eigenvalue weighted by Crippen LogP contribution is -2.34. The number of benzene rings is 1. The number of halogens is 2. The lowest BCUT2D eigenvalue weighted by Gasteiger charge is -2.24. The monoisotopic (exact) mass is 312 g/mol. The van der Waals surface area contributed by atoms with Gasteiger partial charge in [-0.1, -0.05) is 6.07 Å². The summed E-state index contributed by atoms with van der Waals surface area (Å²) in [5.41, 5.74) is 1.05. The summed E-state index contributed by atoms with van der Waals surface area (Å²) < 4.78 is 34.3. The zero-order chi connectivity index (χ0) is 15.5. The van der Waals surface area contributed by atoms with Crippen LogP contribution in [0.15, 0.2) is 18.2 Å². The summed E-state index contributed by atoms with van der Waals surface area (Å²) in [6, 6.07) is 6.41. The molecular formula is C16H22F2N2O2. The summed E-state index contributed by atoms with van der Waals surface area (Å²) in [4.78, 5) is 2.42. The minimum atomic E-state index is -2.84. The van der Waals surface area contributed by atoms with Crippen LogP contribution in [0.2, 0.25) is 0 Å². The Kier molecular flexibility index (Phi) is 4.78. The molecule has 122 valence electrons. The normalized spacial score (nSPS) is 25.3. The lowest BCUT2D eigenvalue weighted by molar-refractivity contribution is -0.0512. The van der Waals surface area contributed by atoms with Crippen molar-refractivity contribution in [3.63, 3.8) is 0 Å². The van der Waals surface area contributed by atoms with E-state index in [1.807, 2.05) is 6.07 Å². The molecule has 2 atom stereocenters. The van der Waals surface area contributed by atoms with Crippen LogP contribution < -0.4 is 14.8 Å².